The molecule has 0 radical (unpaired) electrons. The van der Waals surface area contributed by atoms with Crippen molar-refractivity contribution in [1.82, 2.24) is 0 Å². The molecule has 0 saturated heterocycles. The molecule has 0 fully saturated rings. The molecule has 0 unspecified atom stereocenters. The molecule has 1 N–H and O–H groups in total. The lowest BCUT2D eigenvalue weighted by Gasteiger charge is -2.11. The van der Waals surface area contributed by atoms with Crippen LogP contribution in [0.3, 0.4) is 0 Å². The first-order valence-corrected chi connectivity index (χ1v) is 8.65. The predicted molar refractivity (Wildman–Crippen MR) is 106 cm³/mol. The van der Waals surface area contributed by atoms with Gasteiger partial charge in [0.2, 0.25) is 0 Å². The zero-order chi connectivity index (χ0) is 20.4. The Labute approximate surface area is 163 Å². The summed E-state index contributed by atoms with van der Waals surface area (Å²) < 4.78 is 20.6. The average molecular weight is 385 g/mol. The summed E-state index contributed by atoms with van der Waals surface area (Å²) >= 11 is 0. The topological polar surface area (TPSA) is 83.1 Å². The van der Waals surface area contributed by atoms with Crippen molar-refractivity contribution in [3.63, 3.8) is 0 Å². The van der Waals surface area contributed by atoms with E-state index in [0.717, 1.165) is 11.3 Å². The van der Waals surface area contributed by atoms with E-state index in [2.05, 4.69) is 5.32 Å². The molecule has 0 atom stereocenters. The Morgan fingerprint density at radius 3 is 2.36 bits per heavy atom. The zero-order valence-corrected chi connectivity index (χ0v) is 16.1. The lowest BCUT2D eigenvalue weighted by molar-refractivity contribution is -0.142. The minimum absolute atomic E-state index is 0.424. The van der Waals surface area contributed by atoms with Crippen molar-refractivity contribution in [2.24, 2.45) is 0 Å². The number of nitrogens with one attached hydrogen (secondary N) is 1. The molecular formula is C21H23NO6. The van der Waals surface area contributed by atoms with Crippen molar-refractivity contribution in [1.29, 1.82) is 0 Å². The second kappa shape index (κ2) is 10.6. The average Bonchev–Trinajstić information content (AvgIpc) is 2.72. The van der Waals surface area contributed by atoms with E-state index in [9.17, 15) is 9.59 Å². The standard InChI is InChI=1S/C21H23NO6/c1-4-27-16-8-5-15(6-9-16)7-12-21(24)28-14-20(23)22-18-13-17(25-2)10-11-19(18)26-3/h5-13H,4,14H2,1-3H3,(H,22,23)/b12-7+. The van der Waals surface area contributed by atoms with Gasteiger partial charge >= 0.3 is 5.97 Å². The summed E-state index contributed by atoms with van der Waals surface area (Å²) in [6.45, 7) is 2.07. The number of anilines is 1. The van der Waals surface area contributed by atoms with E-state index in [1.807, 2.05) is 31.2 Å². The van der Waals surface area contributed by atoms with Gasteiger partial charge in [0.05, 0.1) is 26.5 Å². The molecule has 0 heterocycles. The van der Waals surface area contributed by atoms with E-state index >= 15 is 0 Å². The molecule has 0 aliphatic heterocycles. The van der Waals surface area contributed by atoms with Gasteiger partial charge in [0, 0.05) is 12.1 Å². The number of esters is 1. The number of methoxy groups -OCH3 is 2. The largest absolute Gasteiger partial charge is 0.497 e. The summed E-state index contributed by atoms with van der Waals surface area (Å²) in [7, 11) is 3.01. The summed E-state index contributed by atoms with van der Waals surface area (Å²) in [4.78, 5) is 23.8. The second-order valence-electron chi connectivity index (χ2n) is 5.56. The molecule has 0 aliphatic carbocycles. The van der Waals surface area contributed by atoms with E-state index in [1.165, 1.54) is 20.3 Å². The lowest BCUT2D eigenvalue weighted by Crippen LogP contribution is -2.20. The van der Waals surface area contributed by atoms with Gasteiger partial charge in [0.15, 0.2) is 6.61 Å². The third kappa shape index (κ3) is 6.35. The number of amides is 1. The van der Waals surface area contributed by atoms with E-state index in [1.54, 1.807) is 24.3 Å². The summed E-state index contributed by atoms with van der Waals surface area (Å²) in [5, 5.41) is 2.62. The molecule has 0 bridgehead atoms. The van der Waals surface area contributed by atoms with Gasteiger partial charge in [-0.15, -0.1) is 0 Å². The Morgan fingerprint density at radius 2 is 1.71 bits per heavy atom. The summed E-state index contributed by atoms with van der Waals surface area (Å²) in [5.41, 5.74) is 1.24. The maximum Gasteiger partial charge on any atom is 0.331 e. The van der Waals surface area contributed by atoms with Crippen LogP contribution in [0.15, 0.2) is 48.5 Å². The van der Waals surface area contributed by atoms with E-state index in [4.69, 9.17) is 18.9 Å². The van der Waals surface area contributed by atoms with Gasteiger partial charge in [-0.1, -0.05) is 12.1 Å². The zero-order valence-electron chi connectivity index (χ0n) is 16.1. The SMILES string of the molecule is CCOc1ccc(/C=C/C(=O)OCC(=O)Nc2cc(OC)ccc2OC)cc1. The maximum absolute atomic E-state index is 12.0. The van der Waals surface area contributed by atoms with Crippen LogP contribution in [0, 0.1) is 0 Å². The molecule has 148 valence electrons. The van der Waals surface area contributed by atoms with Gasteiger partial charge in [0.1, 0.15) is 17.2 Å². The molecule has 2 rings (SSSR count). The second-order valence-corrected chi connectivity index (χ2v) is 5.56. The van der Waals surface area contributed by atoms with E-state index in [-0.39, 0.29) is 0 Å². The molecule has 7 nitrogen and oxygen atoms in total. The number of hydrogen-bond donors (Lipinski definition) is 1. The fraction of sp³-hybridized carbons (Fsp3) is 0.238. The highest BCUT2D eigenvalue weighted by Gasteiger charge is 2.10. The number of carbonyl (C=O) groups excluding carboxylic acids is 2. The Bertz CT molecular complexity index is 829. The maximum atomic E-state index is 12.0. The summed E-state index contributed by atoms with van der Waals surface area (Å²) in [5.74, 6) is 0.671. The van der Waals surface area contributed by atoms with Crippen LogP contribution < -0.4 is 19.5 Å². The van der Waals surface area contributed by atoms with Crippen LogP contribution in [-0.4, -0.2) is 39.3 Å². The number of benzene rings is 2. The summed E-state index contributed by atoms with van der Waals surface area (Å²) in [6, 6.07) is 12.2. The number of rotatable bonds is 9. The van der Waals surface area contributed by atoms with Crippen molar-refractivity contribution in [3.8, 4) is 17.2 Å². The molecule has 2 aromatic rings. The van der Waals surface area contributed by atoms with Crippen molar-refractivity contribution < 1.29 is 28.5 Å². The van der Waals surface area contributed by atoms with Crippen molar-refractivity contribution in [2.75, 3.05) is 32.8 Å². The third-order valence-electron chi connectivity index (χ3n) is 3.63. The summed E-state index contributed by atoms with van der Waals surface area (Å²) in [6.07, 6.45) is 2.86. The Balaban J connectivity index is 1.86. The van der Waals surface area contributed by atoms with Crippen LogP contribution in [0.1, 0.15) is 12.5 Å². The quantitative estimate of drug-likeness (QED) is 0.527. The van der Waals surface area contributed by atoms with Crippen LogP contribution in [0.5, 0.6) is 17.2 Å². The number of hydrogen-bond acceptors (Lipinski definition) is 6. The van der Waals surface area contributed by atoms with Crippen LogP contribution >= 0.6 is 0 Å². The molecule has 28 heavy (non-hydrogen) atoms. The third-order valence-corrected chi connectivity index (χ3v) is 3.63. The monoisotopic (exact) mass is 385 g/mol. The Morgan fingerprint density at radius 1 is 1.00 bits per heavy atom. The molecule has 0 aliphatic rings. The van der Waals surface area contributed by atoms with Crippen LogP contribution in [-0.2, 0) is 14.3 Å². The predicted octanol–water partition coefficient (Wildman–Crippen LogP) is 3.30. The Hall–Kier alpha value is -3.48. The van der Waals surface area contributed by atoms with Crippen LogP contribution in [0.2, 0.25) is 0 Å². The van der Waals surface area contributed by atoms with Crippen molar-refractivity contribution in [3.05, 3.63) is 54.1 Å². The fourth-order valence-corrected chi connectivity index (χ4v) is 2.29. The molecule has 0 spiro atoms. The molecular weight excluding hydrogens is 362 g/mol. The molecule has 0 saturated carbocycles. The van der Waals surface area contributed by atoms with Gasteiger partial charge in [-0.3, -0.25) is 4.79 Å². The molecule has 1 amide bonds. The number of ether oxygens (including phenoxy) is 4. The van der Waals surface area contributed by atoms with Gasteiger partial charge < -0.3 is 24.3 Å². The van der Waals surface area contributed by atoms with Crippen LogP contribution in [0.25, 0.3) is 6.08 Å². The fourth-order valence-electron chi connectivity index (χ4n) is 2.29. The van der Waals surface area contributed by atoms with Gasteiger partial charge in [-0.2, -0.15) is 0 Å². The van der Waals surface area contributed by atoms with Crippen molar-refractivity contribution in [2.45, 2.75) is 6.92 Å². The van der Waals surface area contributed by atoms with Crippen molar-refractivity contribution >= 4 is 23.6 Å². The first-order valence-electron chi connectivity index (χ1n) is 8.65. The van der Waals surface area contributed by atoms with Gasteiger partial charge in [-0.25, -0.2) is 4.79 Å². The highest BCUT2D eigenvalue weighted by Crippen LogP contribution is 2.28. The highest BCUT2D eigenvalue weighted by atomic mass is 16.5. The first-order chi connectivity index (χ1) is 13.5. The highest BCUT2D eigenvalue weighted by molar-refractivity contribution is 5.95. The molecule has 7 heteroatoms. The van der Waals surface area contributed by atoms with Crippen LogP contribution in [0.4, 0.5) is 5.69 Å². The molecule has 2 aromatic carbocycles. The normalized spacial score (nSPS) is 10.4. The minimum Gasteiger partial charge on any atom is -0.497 e. The minimum atomic E-state index is -0.623. The molecule has 0 aromatic heterocycles. The van der Waals surface area contributed by atoms with E-state index in [0.29, 0.717) is 23.8 Å². The first kappa shape index (κ1) is 20.8. The van der Waals surface area contributed by atoms with Gasteiger partial charge in [0.25, 0.3) is 5.91 Å². The lowest BCUT2D eigenvalue weighted by atomic mass is 10.2. The Kier molecular flexibility index (Phi) is 7.90. The smallest absolute Gasteiger partial charge is 0.331 e. The number of carbonyl (C=O) groups is 2. The van der Waals surface area contributed by atoms with E-state index < -0.39 is 18.5 Å². The van der Waals surface area contributed by atoms with Gasteiger partial charge in [-0.05, 0) is 42.8 Å².